The summed E-state index contributed by atoms with van der Waals surface area (Å²) in [6.07, 6.45) is 4.64. The Morgan fingerprint density at radius 1 is 1.27 bits per heavy atom. The van der Waals surface area contributed by atoms with Gasteiger partial charge in [0.25, 0.3) is 0 Å². The van der Waals surface area contributed by atoms with Crippen molar-refractivity contribution < 1.29 is 5.48 Å². The second-order valence-corrected chi connectivity index (χ2v) is 2.28. The van der Waals surface area contributed by atoms with Crippen molar-refractivity contribution in [1.82, 2.24) is 4.98 Å². The summed E-state index contributed by atoms with van der Waals surface area (Å²) in [6.45, 7) is 0. The van der Waals surface area contributed by atoms with Crippen molar-refractivity contribution in [1.29, 1.82) is 0 Å². The molecule has 2 N–H and O–H groups in total. The van der Waals surface area contributed by atoms with Crippen LogP contribution in [-0.4, -0.2) is 16.2 Å². The van der Waals surface area contributed by atoms with Crippen LogP contribution in [-0.2, 0) is 6.42 Å². The normalized spacial score (nSPS) is 7.73. The topological polar surface area (TPSA) is 44.4 Å². The molecule has 0 aliphatic rings. The van der Waals surface area contributed by atoms with Crippen LogP contribution in [0.25, 0.3) is 0 Å². The molecule has 1 aromatic heterocycles. The summed E-state index contributed by atoms with van der Waals surface area (Å²) in [5.74, 6) is 0.907. The Morgan fingerprint density at radius 3 is 2.27 bits per heavy atom. The van der Waals surface area contributed by atoms with Gasteiger partial charge in [-0.2, -0.15) is 12.6 Å². The molecule has 1 heterocycles. The monoisotopic (exact) mass is 193 g/mol. The molecule has 0 saturated heterocycles. The van der Waals surface area contributed by atoms with E-state index in [4.69, 9.17) is 0 Å². The average molecular weight is 194 g/mol. The van der Waals surface area contributed by atoms with Gasteiger partial charge in [0.05, 0.1) is 0 Å². The maximum atomic E-state index is 4.11. The number of hydrogen-bond donors (Lipinski definition) is 1. The van der Waals surface area contributed by atoms with E-state index in [0.29, 0.717) is 0 Å². The largest absolute Gasteiger partial charge is 0.412 e. The van der Waals surface area contributed by atoms with Crippen molar-refractivity contribution in [3.63, 3.8) is 0 Å². The zero-order valence-corrected chi connectivity index (χ0v) is 7.74. The molecule has 4 heteroatoms. The van der Waals surface area contributed by atoms with Crippen molar-refractivity contribution in [2.75, 3.05) is 5.75 Å². The Hall–Kier alpha value is -0.250. The third kappa shape index (κ3) is 5.07. The number of aromatic nitrogens is 1. The maximum absolute atomic E-state index is 4.11. The van der Waals surface area contributed by atoms with Gasteiger partial charge in [-0.05, 0) is 29.9 Å². The van der Waals surface area contributed by atoms with Gasteiger partial charge in [-0.25, -0.2) is 0 Å². The summed E-state index contributed by atoms with van der Waals surface area (Å²) < 4.78 is 0. The number of nitrogens with zero attached hydrogens (tertiary/aromatic N) is 1. The van der Waals surface area contributed by atoms with Crippen molar-refractivity contribution in [2.45, 2.75) is 6.42 Å². The van der Waals surface area contributed by atoms with Crippen LogP contribution >= 0.6 is 25.0 Å². The molecule has 0 unspecified atom stereocenters. The van der Waals surface area contributed by atoms with E-state index < -0.39 is 0 Å². The summed E-state index contributed by atoms with van der Waals surface area (Å²) >= 11 is 4.11. The highest BCUT2D eigenvalue weighted by Crippen LogP contribution is 1.97. The molecule has 0 bridgehead atoms. The minimum absolute atomic E-state index is 0. The molecule has 11 heavy (non-hydrogen) atoms. The van der Waals surface area contributed by atoms with E-state index >= 15 is 0 Å². The smallest absolute Gasteiger partial charge is 0.0270 e. The summed E-state index contributed by atoms with van der Waals surface area (Å²) in [6, 6.07) is 4.02. The van der Waals surface area contributed by atoms with Crippen LogP contribution in [0.15, 0.2) is 24.5 Å². The van der Waals surface area contributed by atoms with E-state index in [1.807, 2.05) is 12.1 Å². The molecule has 0 aromatic carbocycles. The summed E-state index contributed by atoms with van der Waals surface area (Å²) in [5, 5.41) is 0. The molecular formula is C7H12ClNOS. The van der Waals surface area contributed by atoms with Gasteiger partial charge < -0.3 is 5.48 Å². The van der Waals surface area contributed by atoms with Gasteiger partial charge in [-0.15, -0.1) is 12.4 Å². The van der Waals surface area contributed by atoms with Gasteiger partial charge in [0.2, 0.25) is 0 Å². The highest BCUT2D eigenvalue weighted by Gasteiger charge is 1.85. The van der Waals surface area contributed by atoms with E-state index in [-0.39, 0.29) is 17.9 Å². The first kappa shape index (κ1) is 13.3. The van der Waals surface area contributed by atoms with Crippen molar-refractivity contribution in [3.8, 4) is 0 Å². The van der Waals surface area contributed by atoms with E-state index in [0.717, 1.165) is 12.2 Å². The molecule has 0 aliphatic heterocycles. The second-order valence-electron chi connectivity index (χ2n) is 1.83. The predicted octanol–water partition coefficient (Wildman–Crippen LogP) is 1.15. The molecule has 0 saturated carbocycles. The number of rotatable bonds is 2. The zero-order valence-electron chi connectivity index (χ0n) is 6.03. The lowest BCUT2D eigenvalue weighted by Gasteiger charge is -1.92. The Balaban J connectivity index is 0. The highest BCUT2D eigenvalue weighted by atomic mass is 35.5. The van der Waals surface area contributed by atoms with Crippen molar-refractivity contribution in [3.05, 3.63) is 30.1 Å². The molecule has 0 amide bonds. The first-order valence-electron chi connectivity index (χ1n) is 2.93. The standard InChI is InChI=1S/C7H9NS.ClH.H2O/c9-6-3-7-1-4-8-5-2-7;;/h1-2,4-5,9H,3,6H2;1H;1H2. The molecule has 0 fully saturated rings. The van der Waals surface area contributed by atoms with Crippen LogP contribution in [0.4, 0.5) is 0 Å². The third-order valence-electron chi connectivity index (χ3n) is 1.15. The number of hydrogen-bond acceptors (Lipinski definition) is 2. The molecule has 2 nitrogen and oxygen atoms in total. The fraction of sp³-hybridized carbons (Fsp3) is 0.286. The van der Waals surface area contributed by atoms with E-state index in [1.54, 1.807) is 12.4 Å². The fourth-order valence-corrected chi connectivity index (χ4v) is 0.937. The highest BCUT2D eigenvalue weighted by molar-refractivity contribution is 7.80. The van der Waals surface area contributed by atoms with Crippen LogP contribution in [0.5, 0.6) is 0 Å². The Labute approximate surface area is 78.2 Å². The second kappa shape index (κ2) is 7.85. The molecule has 1 aromatic rings. The van der Waals surface area contributed by atoms with Gasteiger partial charge in [-0.3, -0.25) is 4.98 Å². The van der Waals surface area contributed by atoms with Crippen LogP contribution in [0.1, 0.15) is 5.56 Å². The summed E-state index contributed by atoms with van der Waals surface area (Å²) in [4.78, 5) is 3.90. The fourth-order valence-electron chi connectivity index (χ4n) is 0.679. The van der Waals surface area contributed by atoms with Gasteiger partial charge in [0.15, 0.2) is 0 Å². The SMILES string of the molecule is Cl.O.SCCc1ccncc1. The minimum atomic E-state index is 0. The number of aryl methyl sites for hydroxylation is 1. The number of pyridine rings is 1. The van der Waals surface area contributed by atoms with Crippen LogP contribution in [0, 0.1) is 0 Å². The number of thiol groups is 1. The maximum Gasteiger partial charge on any atom is 0.0270 e. The van der Waals surface area contributed by atoms with Crippen LogP contribution in [0.3, 0.4) is 0 Å². The van der Waals surface area contributed by atoms with E-state index in [9.17, 15) is 0 Å². The lowest BCUT2D eigenvalue weighted by Crippen LogP contribution is -1.84. The minimum Gasteiger partial charge on any atom is -0.412 e. The van der Waals surface area contributed by atoms with Gasteiger partial charge in [0.1, 0.15) is 0 Å². The van der Waals surface area contributed by atoms with Gasteiger partial charge in [-0.1, -0.05) is 0 Å². The van der Waals surface area contributed by atoms with Gasteiger partial charge >= 0.3 is 0 Å². The molecule has 0 radical (unpaired) electrons. The molecule has 0 atom stereocenters. The van der Waals surface area contributed by atoms with Crippen molar-refractivity contribution in [2.24, 2.45) is 0 Å². The van der Waals surface area contributed by atoms with Crippen molar-refractivity contribution >= 4 is 25.0 Å². The van der Waals surface area contributed by atoms with Crippen LogP contribution < -0.4 is 0 Å². The van der Waals surface area contributed by atoms with E-state index in [1.165, 1.54) is 5.56 Å². The average Bonchev–Trinajstić information content (AvgIpc) is 1.91. The van der Waals surface area contributed by atoms with E-state index in [2.05, 4.69) is 17.6 Å². The Kier molecular flexibility index (Phi) is 9.53. The first-order chi connectivity index (χ1) is 4.43. The lowest BCUT2D eigenvalue weighted by molar-refractivity contribution is 0.824. The summed E-state index contributed by atoms with van der Waals surface area (Å²) in [7, 11) is 0. The van der Waals surface area contributed by atoms with Gasteiger partial charge in [0, 0.05) is 12.4 Å². The molecular weight excluding hydrogens is 182 g/mol. The molecule has 1 rings (SSSR count). The third-order valence-corrected chi connectivity index (χ3v) is 1.37. The molecule has 0 spiro atoms. The zero-order chi connectivity index (χ0) is 6.53. The number of halogens is 1. The van der Waals surface area contributed by atoms with Crippen LogP contribution in [0.2, 0.25) is 0 Å². The predicted molar refractivity (Wildman–Crippen MR) is 52.7 cm³/mol. The summed E-state index contributed by atoms with van der Waals surface area (Å²) in [5.41, 5.74) is 1.31. The molecule has 64 valence electrons. The Morgan fingerprint density at radius 2 is 1.82 bits per heavy atom. The lowest BCUT2D eigenvalue weighted by atomic mass is 10.2. The first-order valence-corrected chi connectivity index (χ1v) is 3.56. The molecule has 0 aliphatic carbocycles. The quantitative estimate of drug-likeness (QED) is 0.704. The Bertz CT molecular complexity index is 171.